The monoisotopic (exact) mass is 359 g/mol. The van der Waals surface area contributed by atoms with Gasteiger partial charge in [0.15, 0.2) is 0 Å². The van der Waals surface area contributed by atoms with Crippen LogP contribution in [0.1, 0.15) is 22.8 Å². The fourth-order valence-corrected chi connectivity index (χ4v) is 3.02. The van der Waals surface area contributed by atoms with Crippen molar-refractivity contribution in [3.63, 3.8) is 0 Å². The van der Waals surface area contributed by atoms with Crippen LogP contribution >= 0.6 is 11.8 Å². The number of methoxy groups -OCH3 is 2. The van der Waals surface area contributed by atoms with E-state index in [1.807, 2.05) is 38.1 Å². The molecule has 1 amide bonds. The zero-order chi connectivity index (χ0) is 18.4. The van der Waals surface area contributed by atoms with Crippen molar-refractivity contribution in [2.24, 2.45) is 0 Å². The van der Waals surface area contributed by atoms with Crippen LogP contribution in [-0.2, 0) is 9.53 Å². The summed E-state index contributed by atoms with van der Waals surface area (Å²) in [6.07, 6.45) is 0. The average Bonchev–Trinajstić information content (AvgIpc) is 2.63. The van der Waals surface area contributed by atoms with Gasteiger partial charge in [0.25, 0.3) is 0 Å². The summed E-state index contributed by atoms with van der Waals surface area (Å²) in [5.74, 6) is 0.207. The molecule has 0 aliphatic rings. The number of carbonyl (C=O) groups excluding carboxylic acids is 2. The Morgan fingerprint density at radius 1 is 1.08 bits per heavy atom. The summed E-state index contributed by atoms with van der Waals surface area (Å²) in [5, 5.41) is 2.58. The molecule has 0 heterocycles. The first-order valence-corrected chi connectivity index (χ1v) is 8.63. The average molecular weight is 359 g/mol. The summed E-state index contributed by atoms with van der Waals surface area (Å²) in [7, 11) is 2.94. The number of carbonyl (C=O) groups is 2. The van der Waals surface area contributed by atoms with Gasteiger partial charge in [-0.2, -0.15) is 0 Å². The lowest BCUT2D eigenvalue weighted by Gasteiger charge is -2.14. The van der Waals surface area contributed by atoms with Gasteiger partial charge in [0.2, 0.25) is 5.91 Å². The third-order valence-electron chi connectivity index (χ3n) is 3.66. The number of hydrogen-bond donors (Lipinski definition) is 1. The van der Waals surface area contributed by atoms with Crippen LogP contribution in [0.3, 0.4) is 0 Å². The first-order chi connectivity index (χ1) is 11.9. The maximum absolute atomic E-state index is 12.5. The maximum Gasteiger partial charge on any atom is 0.337 e. The van der Waals surface area contributed by atoms with Crippen LogP contribution in [0.25, 0.3) is 0 Å². The zero-order valence-electron chi connectivity index (χ0n) is 14.7. The lowest BCUT2D eigenvalue weighted by atomic mass is 10.1. The van der Waals surface area contributed by atoms with Crippen molar-refractivity contribution in [3.8, 4) is 5.75 Å². The quantitative estimate of drug-likeness (QED) is 0.626. The summed E-state index contributed by atoms with van der Waals surface area (Å²) >= 11 is 1.45. The van der Waals surface area contributed by atoms with E-state index in [9.17, 15) is 9.59 Å². The van der Waals surface area contributed by atoms with Gasteiger partial charge in [-0.25, -0.2) is 4.79 Å². The van der Waals surface area contributed by atoms with Crippen LogP contribution in [0.5, 0.6) is 5.75 Å². The predicted octanol–water partition coefficient (Wildman–Crippen LogP) is 3.91. The number of aryl methyl sites for hydroxylation is 1. The highest BCUT2D eigenvalue weighted by Gasteiger charge is 2.16. The van der Waals surface area contributed by atoms with Gasteiger partial charge in [-0.3, -0.25) is 4.79 Å². The van der Waals surface area contributed by atoms with Crippen molar-refractivity contribution >= 4 is 29.3 Å². The van der Waals surface area contributed by atoms with Crippen molar-refractivity contribution in [1.82, 2.24) is 0 Å². The molecule has 0 fully saturated rings. The normalized spacial score (nSPS) is 11.5. The molecular weight excluding hydrogens is 338 g/mol. The standard InChI is InChI=1S/C19H21NO4S/c1-12-5-6-14(19(22)24-4)11-17(12)20-18(21)13(2)25-16-9-7-15(23-3)8-10-16/h5-11,13H,1-4H3,(H,20,21)/t13-/m1/s1. The van der Waals surface area contributed by atoms with Gasteiger partial charge >= 0.3 is 5.97 Å². The van der Waals surface area contributed by atoms with Crippen molar-refractivity contribution in [1.29, 1.82) is 0 Å². The van der Waals surface area contributed by atoms with E-state index in [1.54, 1.807) is 25.3 Å². The second-order valence-corrected chi connectivity index (χ2v) is 6.86. The van der Waals surface area contributed by atoms with E-state index in [2.05, 4.69) is 5.32 Å². The Morgan fingerprint density at radius 2 is 1.76 bits per heavy atom. The molecule has 6 heteroatoms. The molecular formula is C19H21NO4S. The van der Waals surface area contributed by atoms with Gasteiger partial charge in [0, 0.05) is 10.6 Å². The number of rotatable bonds is 6. The Labute approximate surface area is 151 Å². The summed E-state index contributed by atoms with van der Waals surface area (Å²) in [4.78, 5) is 25.1. The van der Waals surface area contributed by atoms with Crippen LogP contribution in [0.4, 0.5) is 5.69 Å². The fourth-order valence-electron chi connectivity index (χ4n) is 2.15. The number of hydrogen-bond acceptors (Lipinski definition) is 5. The Morgan fingerprint density at radius 3 is 2.36 bits per heavy atom. The summed E-state index contributed by atoms with van der Waals surface area (Å²) < 4.78 is 9.84. The Kier molecular flexibility index (Phi) is 6.47. The molecule has 1 N–H and O–H groups in total. The number of anilines is 1. The second-order valence-electron chi connectivity index (χ2n) is 5.45. The third-order valence-corrected chi connectivity index (χ3v) is 4.77. The molecule has 0 saturated carbocycles. The smallest absolute Gasteiger partial charge is 0.337 e. The molecule has 0 spiro atoms. The van der Waals surface area contributed by atoms with Crippen LogP contribution in [0.2, 0.25) is 0 Å². The number of esters is 1. The topological polar surface area (TPSA) is 64.6 Å². The van der Waals surface area contributed by atoms with Gasteiger partial charge in [-0.05, 0) is 55.8 Å². The minimum Gasteiger partial charge on any atom is -0.497 e. The van der Waals surface area contributed by atoms with Crippen molar-refractivity contribution < 1.29 is 19.1 Å². The fraction of sp³-hybridized carbons (Fsp3) is 0.263. The van der Waals surface area contributed by atoms with Crippen molar-refractivity contribution in [3.05, 3.63) is 53.6 Å². The number of benzene rings is 2. The highest BCUT2D eigenvalue weighted by atomic mass is 32.2. The Balaban J connectivity index is 2.06. The predicted molar refractivity (Wildman–Crippen MR) is 99.5 cm³/mol. The van der Waals surface area contributed by atoms with Crippen molar-refractivity contribution in [2.45, 2.75) is 24.0 Å². The molecule has 2 aromatic rings. The first-order valence-electron chi connectivity index (χ1n) is 7.75. The molecule has 0 aromatic heterocycles. The second kappa shape index (κ2) is 8.58. The number of amides is 1. The summed E-state index contributed by atoms with van der Waals surface area (Å²) in [6, 6.07) is 12.6. The highest BCUT2D eigenvalue weighted by Crippen LogP contribution is 2.27. The Bertz CT molecular complexity index is 759. The minimum absolute atomic E-state index is 0.133. The van der Waals surface area contributed by atoms with Gasteiger partial charge in [-0.1, -0.05) is 6.07 Å². The number of ether oxygens (including phenoxy) is 2. The number of thioether (sulfide) groups is 1. The van der Waals surface area contributed by atoms with E-state index < -0.39 is 5.97 Å². The first kappa shape index (κ1) is 18.9. The molecule has 2 rings (SSSR count). The van der Waals surface area contributed by atoms with E-state index in [1.165, 1.54) is 18.9 Å². The number of nitrogens with one attached hydrogen (secondary N) is 1. The zero-order valence-corrected chi connectivity index (χ0v) is 15.5. The van der Waals surface area contributed by atoms with E-state index in [0.717, 1.165) is 16.2 Å². The molecule has 132 valence electrons. The summed E-state index contributed by atoms with van der Waals surface area (Å²) in [6.45, 7) is 3.71. The molecule has 0 unspecified atom stereocenters. The maximum atomic E-state index is 12.5. The molecule has 0 aliphatic carbocycles. The van der Waals surface area contributed by atoms with E-state index in [0.29, 0.717) is 11.3 Å². The van der Waals surface area contributed by atoms with E-state index in [4.69, 9.17) is 9.47 Å². The lowest BCUT2D eigenvalue weighted by molar-refractivity contribution is -0.115. The third kappa shape index (κ3) is 5.00. The van der Waals surface area contributed by atoms with Crippen molar-refractivity contribution in [2.75, 3.05) is 19.5 Å². The van der Waals surface area contributed by atoms with Crippen LogP contribution in [0, 0.1) is 6.92 Å². The highest BCUT2D eigenvalue weighted by molar-refractivity contribution is 8.00. The van der Waals surface area contributed by atoms with Crippen LogP contribution in [0.15, 0.2) is 47.4 Å². The SMILES string of the molecule is COC(=O)c1ccc(C)c(NC(=O)[C@@H](C)Sc2ccc(OC)cc2)c1. The molecule has 1 atom stereocenters. The molecule has 2 aromatic carbocycles. The Hall–Kier alpha value is -2.47. The van der Waals surface area contributed by atoms with Gasteiger partial charge < -0.3 is 14.8 Å². The van der Waals surface area contributed by atoms with Crippen LogP contribution in [-0.4, -0.2) is 31.3 Å². The molecule has 0 saturated heterocycles. The van der Waals surface area contributed by atoms with E-state index in [-0.39, 0.29) is 11.2 Å². The van der Waals surface area contributed by atoms with Crippen LogP contribution < -0.4 is 10.1 Å². The van der Waals surface area contributed by atoms with E-state index >= 15 is 0 Å². The molecule has 0 radical (unpaired) electrons. The summed E-state index contributed by atoms with van der Waals surface area (Å²) in [5.41, 5.74) is 1.89. The van der Waals surface area contributed by atoms with Gasteiger partial charge in [0.1, 0.15) is 5.75 Å². The van der Waals surface area contributed by atoms with Gasteiger partial charge in [0.05, 0.1) is 25.0 Å². The van der Waals surface area contributed by atoms with Gasteiger partial charge in [-0.15, -0.1) is 11.8 Å². The largest absolute Gasteiger partial charge is 0.497 e. The molecule has 25 heavy (non-hydrogen) atoms. The lowest BCUT2D eigenvalue weighted by Crippen LogP contribution is -2.23. The molecule has 0 bridgehead atoms. The molecule has 0 aliphatic heterocycles. The minimum atomic E-state index is -0.434. The molecule has 5 nitrogen and oxygen atoms in total.